The molecule has 19 heavy (non-hydrogen) atoms. The first kappa shape index (κ1) is 13.1. The van der Waals surface area contributed by atoms with E-state index < -0.39 is 0 Å². The normalized spacial score (nSPS) is 21.1. The van der Waals surface area contributed by atoms with Gasteiger partial charge in [-0.15, -0.1) is 11.3 Å². The summed E-state index contributed by atoms with van der Waals surface area (Å²) < 4.78 is 5.49. The highest BCUT2D eigenvalue weighted by Crippen LogP contribution is 2.45. The van der Waals surface area contributed by atoms with E-state index in [1.807, 2.05) is 6.92 Å². The number of ether oxygens (including phenoxy) is 1. The second-order valence-corrected chi connectivity index (χ2v) is 6.66. The van der Waals surface area contributed by atoms with Gasteiger partial charge in [0.15, 0.2) is 5.13 Å². The Morgan fingerprint density at radius 2 is 2.21 bits per heavy atom. The molecule has 1 saturated heterocycles. The lowest BCUT2D eigenvalue weighted by molar-refractivity contribution is -0.115. The average Bonchev–Trinajstić information content (AvgIpc) is 2.80. The number of amides is 1. The maximum atomic E-state index is 11.4. The van der Waals surface area contributed by atoms with Gasteiger partial charge in [0.1, 0.15) is 0 Å². The molecule has 1 N–H and O–H groups in total. The molecule has 2 heterocycles. The van der Waals surface area contributed by atoms with Crippen LogP contribution in [-0.2, 0) is 22.4 Å². The Labute approximate surface area is 117 Å². The molecule has 0 atom stereocenters. The van der Waals surface area contributed by atoms with E-state index in [4.69, 9.17) is 4.74 Å². The third-order valence-electron chi connectivity index (χ3n) is 4.33. The highest BCUT2D eigenvalue weighted by atomic mass is 32.1. The van der Waals surface area contributed by atoms with Crippen molar-refractivity contribution >= 4 is 22.4 Å². The lowest BCUT2D eigenvalue weighted by Crippen LogP contribution is -2.34. The Kier molecular flexibility index (Phi) is 3.58. The summed E-state index contributed by atoms with van der Waals surface area (Å²) in [6, 6.07) is 0. The zero-order valence-corrected chi connectivity index (χ0v) is 12.1. The Morgan fingerprint density at radius 3 is 2.95 bits per heavy atom. The highest BCUT2D eigenvalue weighted by molar-refractivity contribution is 7.15. The number of nitrogens with one attached hydrogen (secondary N) is 1. The van der Waals surface area contributed by atoms with Crippen LogP contribution in [0.4, 0.5) is 5.13 Å². The number of aryl methyl sites for hydroxylation is 1. The number of fused-ring (bicyclic) bond motifs is 1. The quantitative estimate of drug-likeness (QED) is 0.906. The minimum Gasteiger partial charge on any atom is -0.381 e. The van der Waals surface area contributed by atoms with Crippen molar-refractivity contribution in [2.24, 2.45) is 5.41 Å². The molecule has 1 amide bonds. The fourth-order valence-corrected chi connectivity index (χ4v) is 4.22. The van der Waals surface area contributed by atoms with Crippen molar-refractivity contribution in [1.29, 1.82) is 0 Å². The standard InChI is InChI=1S/C14H20N2O2S/c1-2-12(17)16-13-15-10-3-4-14(9-11(10)19-13)5-7-18-8-6-14/h2-9H2,1H3,(H,15,16,17). The minimum atomic E-state index is 0.0480. The van der Waals surface area contributed by atoms with Gasteiger partial charge < -0.3 is 10.1 Å². The van der Waals surface area contributed by atoms with Crippen LogP contribution in [0.15, 0.2) is 0 Å². The molecular weight excluding hydrogens is 260 g/mol. The molecule has 1 aromatic rings. The average molecular weight is 280 g/mol. The predicted octanol–water partition coefficient (Wildman–Crippen LogP) is 2.78. The van der Waals surface area contributed by atoms with Crippen molar-refractivity contribution in [1.82, 2.24) is 4.98 Å². The van der Waals surface area contributed by atoms with Crippen molar-refractivity contribution in [3.8, 4) is 0 Å². The number of carbonyl (C=O) groups excluding carboxylic acids is 1. The maximum absolute atomic E-state index is 11.4. The summed E-state index contributed by atoms with van der Waals surface area (Å²) in [6.07, 6.45) is 6.22. The first-order chi connectivity index (χ1) is 9.21. The Morgan fingerprint density at radius 1 is 1.42 bits per heavy atom. The molecule has 104 valence electrons. The molecule has 0 unspecified atom stereocenters. The van der Waals surface area contributed by atoms with Crippen molar-refractivity contribution in [2.75, 3.05) is 18.5 Å². The molecule has 5 heteroatoms. The van der Waals surface area contributed by atoms with Gasteiger partial charge in [-0.05, 0) is 37.5 Å². The van der Waals surface area contributed by atoms with Gasteiger partial charge in [0.05, 0.1) is 5.69 Å². The topological polar surface area (TPSA) is 51.2 Å². The van der Waals surface area contributed by atoms with Crippen molar-refractivity contribution in [3.05, 3.63) is 10.6 Å². The van der Waals surface area contributed by atoms with Crippen LogP contribution in [0.2, 0.25) is 0 Å². The zero-order chi connectivity index (χ0) is 13.3. The van der Waals surface area contributed by atoms with Crippen LogP contribution in [0.3, 0.4) is 0 Å². The Balaban J connectivity index is 1.75. The second-order valence-electron chi connectivity index (χ2n) is 5.58. The third kappa shape index (κ3) is 2.67. The van der Waals surface area contributed by atoms with Gasteiger partial charge in [-0.2, -0.15) is 0 Å². The van der Waals surface area contributed by atoms with Crippen molar-refractivity contribution < 1.29 is 9.53 Å². The van der Waals surface area contributed by atoms with Crippen LogP contribution in [0.25, 0.3) is 0 Å². The van der Waals surface area contributed by atoms with Gasteiger partial charge in [0.25, 0.3) is 0 Å². The van der Waals surface area contributed by atoms with E-state index in [0.29, 0.717) is 11.8 Å². The first-order valence-electron chi connectivity index (χ1n) is 7.07. The lowest BCUT2D eigenvalue weighted by atomic mass is 9.70. The molecule has 0 saturated carbocycles. The zero-order valence-electron chi connectivity index (χ0n) is 11.3. The number of aromatic nitrogens is 1. The molecule has 0 aromatic carbocycles. The monoisotopic (exact) mass is 280 g/mol. The molecule has 2 aliphatic rings. The number of hydrogen-bond acceptors (Lipinski definition) is 4. The van der Waals surface area contributed by atoms with E-state index in [1.165, 1.54) is 29.8 Å². The fraction of sp³-hybridized carbons (Fsp3) is 0.714. The van der Waals surface area contributed by atoms with E-state index >= 15 is 0 Å². The number of anilines is 1. The van der Waals surface area contributed by atoms with E-state index in [9.17, 15) is 4.79 Å². The van der Waals surface area contributed by atoms with Crippen LogP contribution in [0, 0.1) is 5.41 Å². The summed E-state index contributed by atoms with van der Waals surface area (Å²) in [4.78, 5) is 17.4. The van der Waals surface area contributed by atoms with Crippen molar-refractivity contribution in [3.63, 3.8) is 0 Å². The number of thiazole rings is 1. The second kappa shape index (κ2) is 5.21. The summed E-state index contributed by atoms with van der Waals surface area (Å²) in [5.41, 5.74) is 1.64. The van der Waals surface area contributed by atoms with Crippen LogP contribution in [0.1, 0.15) is 43.2 Å². The molecule has 3 rings (SSSR count). The smallest absolute Gasteiger partial charge is 0.225 e. The van der Waals surface area contributed by atoms with Gasteiger partial charge in [-0.25, -0.2) is 4.98 Å². The third-order valence-corrected chi connectivity index (χ3v) is 5.34. The van der Waals surface area contributed by atoms with E-state index in [-0.39, 0.29) is 5.91 Å². The summed E-state index contributed by atoms with van der Waals surface area (Å²) in [5.74, 6) is 0.0480. The van der Waals surface area contributed by atoms with Crippen LogP contribution in [-0.4, -0.2) is 24.1 Å². The van der Waals surface area contributed by atoms with Crippen LogP contribution in [0.5, 0.6) is 0 Å². The Bertz CT molecular complexity index is 478. The molecule has 1 aromatic heterocycles. The molecule has 0 radical (unpaired) electrons. The van der Waals surface area contributed by atoms with E-state index in [1.54, 1.807) is 11.3 Å². The van der Waals surface area contributed by atoms with E-state index in [2.05, 4.69) is 10.3 Å². The maximum Gasteiger partial charge on any atom is 0.225 e. The Hall–Kier alpha value is -0.940. The highest BCUT2D eigenvalue weighted by Gasteiger charge is 2.37. The van der Waals surface area contributed by atoms with Gasteiger partial charge >= 0.3 is 0 Å². The van der Waals surface area contributed by atoms with Crippen LogP contribution < -0.4 is 5.32 Å². The molecule has 4 nitrogen and oxygen atoms in total. The predicted molar refractivity (Wildman–Crippen MR) is 75.5 cm³/mol. The number of nitrogens with zero attached hydrogens (tertiary/aromatic N) is 1. The van der Waals surface area contributed by atoms with Gasteiger partial charge in [0, 0.05) is 24.5 Å². The van der Waals surface area contributed by atoms with Crippen LogP contribution >= 0.6 is 11.3 Å². The SMILES string of the molecule is CCC(=O)Nc1nc2c(s1)CC1(CCOCC1)CC2. The molecule has 1 aliphatic carbocycles. The number of rotatable bonds is 2. The molecule has 0 bridgehead atoms. The molecule has 1 spiro atoms. The molecule has 1 fully saturated rings. The lowest BCUT2D eigenvalue weighted by Gasteiger charge is -2.39. The van der Waals surface area contributed by atoms with Crippen molar-refractivity contribution in [2.45, 2.75) is 45.4 Å². The van der Waals surface area contributed by atoms with Gasteiger partial charge in [0.2, 0.25) is 5.91 Å². The summed E-state index contributed by atoms with van der Waals surface area (Å²) in [6.45, 7) is 3.65. The summed E-state index contributed by atoms with van der Waals surface area (Å²) in [5, 5.41) is 3.66. The van der Waals surface area contributed by atoms with E-state index in [0.717, 1.165) is 31.2 Å². The fourth-order valence-electron chi connectivity index (χ4n) is 3.02. The largest absolute Gasteiger partial charge is 0.381 e. The number of carbonyl (C=O) groups is 1. The minimum absolute atomic E-state index is 0.0480. The summed E-state index contributed by atoms with van der Waals surface area (Å²) >= 11 is 1.66. The summed E-state index contributed by atoms with van der Waals surface area (Å²) in [7, 11) is 0. The van der Waals surface area contributed by atoms with Gasteiger partial charge in [-0.1, -0.05) is 6.92 Å². The number of hydrogen-bond donors (Lipinski definition) is 1. The van der Waals surface area contributed by atoms with Gasteiger partial charge in [-0.3, -0.25) is 4.79 Å². The molecular formula is C14H20N2O2S. The molecule has 1 aliphatic heterocycles. The first-order valence-corrected chi connectivity index (χ1v) is 7.89.